The molecule has 0 spiro atoms. The molecule has 23 heavy (non-hydrogen) atoms. The van der Waals surface area contributed by atoms with Gasteiger partial charge in [0, 0.05) is 11.9 Å². The lowest BCUT2D eigenvalue weighted by atomic mass is 10.1. The van der Waals surface area contributed by atoms with Gasteiger partial charge < -0.3 is 15.2 Å². The Morgan fingerprint density at radius 3 is 2.87 bits per heavy atom. The summed E-state index contributed by atoms with van der Waals surface area (Å²) < 4.78 is 5.35. The molecule has 0 saturated heterocycles. The highest BCUT2D eigenvalue weighted by Gasteiger charge is 2.08. The monoisotopic (exact) mass is 333 g/mol. The number of aliphatic hydroxyl groups is 1. The number of hydrogen-bond acceptors (Lipinski definition) is 6. The van der Waals surface area contributed by atoms with Crippen molar-refractivity contribution < 1.29 is 9.84 Å². The zero-order valence-electron chi connectivity index (χ0n) is 13.7. The van der Waals surface area contributed by atoms with Gasteiger partial charge in [-0.1, -0.05) is 30.8 Å². The molecule has 0 aliphatic heterocycles. The van der Waals surface area contributed by atoms with Crippen molar-refractivity contribution in [3.63, 3.8) is 0 Å². The molecule has 2 N–H and O–H groups in total. The normalized spacial score (nSPS) is 12.0. The lowest BCUT2D eigenvalue weighted by Crippen LogP contribution is -2.23. The van der Waals surface area contributed by atoms with Crippen molar-refractivity contribution in [1.29, 1.82) is 0 Å². The highest BCUT2D eigenvalue weighted by atomic mass is 32.2. The molecule has 0 aliphatic rings. The number of hydrogen-bond donors (Lipinski definition) is 2. The lowest BCUT2D eigenvalue weighted by molar-refractivity contribution is 0.271. The van der Waals surface area contributed by atoms with E-state index in [0.29, 0.717) is 5.16 Å². The smallest absolute Gasteiger partial charge is 0.189 e. The number of aliphatic hydroxyl groups excluding tert-OH is 1. The van der Waals surface area contributed by atoms with Gasteiger partial charge in [-0.3, -0.25) is 0 Å². The fraction of sp³-hybridized carbons (Fsp3) is 0.412. The molecule has 1 aromatic heterocycles. The minimum Gasteiger partial charge on any atom is -0.496 e. The largest absolute Gasteiger partial charge is 0.496 e. The van der Waals surface area contributed by atoms with Crippen molar-refractivity contribution in [2.24, 2.45) is 0 Å². The lowest BCUT2D eigenvalue weighted by Gasteiger charge is -2.15. The summed E-state index contributed by atoms with van der Waals surface area (Å²) in [4.78, 5) is 8.80. The number of benzene rings is 1. The zero-order valence-corrected chi connectivity index (χ0v) is 14.6. The van der Waals surface area contributed by atoms with E-state index in [1.165, 1.54) is 5.56 Å². The Kier molecular flexibility index (Phi) is 6.67. The van der Waals surface area contributed by atoms with E-state index in [0.717, 1.165) is 29.3 Å². The van der Waals surface area contributed by atoms with E-state index >= 15 is 0 Å². The summed E-state index contributed by atoms with van der Waals surface area (Å²) in [5.74, 6) is 2.42. The van der Waals surface area contributed by atoms with Crippen molar-refractivity contribution in [3.8, 4) is 5.75 Å². The Morgan fingerprint density at radius 2 is 2.17 bits per heavy atom. The summed E-state index contributed by atoms with van der Waals surface area (Å²) >= 11 is 1.58. The third-order valence-electron chi connectivity index (χ3n) is 3.67. The number of anilines is 1. The van der Waals surface area contributed by atoms with Crippen LogP contribution in [0.5, 0.6) is 5.75 Å². The summed E-state index contributed by atoms with van der Waals surface area (Å²) in [6.07, 6.45) is 2.58. The van der Waals surface area contributed by atoms with E-state index in [9.17, 15) is 5.11 Å². The van der Waals surface area contributed by atoms with Crippen LogP contribution in [0.2, 0.25) is 0 Å². The number of thioether (sulfide) groups is 1. The van der Waals surface area contributed by atoms with Crippen molar-refractivity contribution in [2.75, 3.05) is 19.0 Å². The molecule has 0 unspecified atom stereocenters. The topological polar surface area (TPSA) is 67.3 Å². The fourth-order valence-electron chi connectivity index (χ4n) is 2.16. The Hall–Kier alpha value is -1.79. The number of aromatic nitrogens is 2. The predicted molar refractivity (Wildman–Crippen MR) is 94.1 cm³/mol. The molecule has 0 bridgehead atoms. The van der Waals surface area contributed by atoms with Gasteiger partial charge in [0.1, 0.15) is 11.6 Å². The van der Waals surface area contributed by atoms with Gasteiger partial charge in [-0.15, -0.1) is 0 Å². The first-order chi connectivity index (χ1) is 11.2. The van der Waals surface area contributed by atoms with E-state index in [1.807, 2.05) is 25.1 Å². The third-order valence-corrected chi connectivity index (χ3v) is 4.58. The van der Waals surface area contributed by atoms with E-state index in [1.54, 1.807) is 25.1 Å². The van der Waals surface area contributed by atoms with Gasteiger partial charge >= 0.3 is 0 Å². The summed E-state index contributed by atoms with van der Waals surface area (Å²) in [7, 11) is 1.68. The molecule has 124 valence electrons. The molecule has 1 heterocycles. The first-order valence-electron chi connectivity index (χ1n) is 7.63. The van der Waals surface area contributed by atoms with Crippen LogP contribution in [0.15, 0.2) is 35.6 Å². The Bertz CT molecular complexity index is 633. The molecule has 1 atom stereocenters. The van der Waals surface area contributed by atoms with E-state index < -0.39 is 0 Å². The van der Waals surface area contributed by atoms with E-state index in [-0.39, 0.29) is 12.6 Å². The molecule has 0 amide bonds. The Balaban J connectivity index is 2.04. The van der Waals surface area contributed by atoms with Crippen LogP contribution < -0.4 is 10.1 Å². The van der Waals surface area contributed by atoms with Crippen LogP contribution in [0.25, 0.3) is 0 Å². The van der Waals surface area contributed by atoms with Crippen LogP contribution in [0.4, 0.5) is 5.82 Å². The first kappa shape index (κ1) is 17.6. The van der Waals surface area contributed by atoms with Crippen LogP contribution in [-0.4, -0.2) is 34.8 Å². The van der Waals surface area contributed by atoms with Crippen LogP contribution >= 0.6 is 11.8 Å². The number of nitrogens with zero attached hydrogens (tertiary/aromatic N) is 2. The van der Waals surface area contributed by atoms with E-state index in [4.69, 9.17) is 4.74 Å². The Labute approximate surface area is 141 Å². The Morgan fingerprint density at radius 1 is 1.35 bits per heavy atom. The van der Waals surface area contributed by atoms with Gasteiger partial charge in [0.25, 0.3) is 0 Å². The SMILES string of the molecule is CC[C@H](CO)Nc1ccnc(SCc2cccc(OC)c2C)n1. The van der Waals surface area contributed by atoms with Gasteiger partial charge in [-0.2, -0.15) is 0 Å². The quantitative estimate of drug-likeness (QED) is 0.571. The molecule has 0 fully saturated rings. The molecular formula is C17H23N3O2S. The molecule has 1 aromatic carbocycles. The molecule has 5 nitrogen and oxygen atoms in total. The molecular weight excluding hydrogens is 310 g/mol. The average molecular weight is 333 g/mol. The van der Waals surface area contributed by atoms with Crippen LogP contribution in [0, 0.1) is 6.92 Å². The average Bonchev–Trinajstić information content (AvgIpc) is 2.59. The summed E-state index contributed by atoms with van der Waals surface area (Å²) in [5.41, 5.74) is 2.35. The second kappa shape index (κ2) is 8.74. The number of nitrogens with one attached hydrogen (secondary N) is 1. The second-order valence-electron chi connectivity index (χ2n) is 5.19. The first-order valence-corrected chi connectivity index (χ1v) is 8.62. The standard InChI is InChI=1S/C17H23N3O2S/c1-4-14(10-21)19-16-8-9-18-17(20-16)23-11-13-6-5-7-15(22-3)12(13)2/h5-9,14,21H,4,10-11H2,1-3H3,(H,18,19,20)/t14-/m1/s1. The molecule has 2 rings (SSSR count). The van der Waals surface area contributed by atoms with Crippen molar-refractivity contribution >= 4 is 17.6 Å². The van der Waals surface area contributed by atoms with Crippen LogP contribution in [0.3, 0.4) is 0 Å². The van der Waals surface area contributed by atoms with Gasteiger partial charge in [0.05, 0.1) is 19.8 Å². The maximum atomic E-state index is 9.27. The van der Waals surface area contributed by atoms with Crippen LogP contribution in [0.1, 0.15) is 24.5 Å². The summed E-state index contributed by atoms with van der Waals surface area (Å²) in [5, 5.41) is 13.2. The van der Waals surface area contributed by atoms with Gasteiger partial charge in [0.2, 0.25) is 0 Å². The minimum atomic E-state index is 0.0170. The molecule has 6 heteroatoms. The van der Waals surface area contributed by atoms with Gasteiger partial charge in [0.15, 0.2) is 5.16 Å². The number of ether oxygens (including phenoxy) is 1. The summed E-state index contributed by atoms with van der Waals surface area (Å²) in [6, 6.07) is 7.88. The highest BCUT2D eigenvalue weighted by molar-refractivity contribution is 7.98. The maximum Gasteiger partial charge on any atom is 0.189 e. The highest BCUT2D eigenvalue weighted by Crippen LogP contribution is 2.27. The van der Waals surface area contributed by atoms with Gasteiger partial charge in [-0.05, 0) is 36.6 Å². The maximum absolute atomic E-state index is 9.27. The minimum absolute atomic E-state index is 0.0170. The number of methoxy groups -OCH3 is 1. The molecule has 2 aromatic rings. The van der Waals surface area contributed by atoms with Crippen molar-refractivity contribution in [2.45, 2.75) is 37.2 Å². The molecule has 0 radical (unpaired) electrons. The molecule has 0 aliphatic carbocycles. The molecule has 0 saturated carbocycles. The second-order valence-corrected chi connectivity index (χ2v) is 6.13. The number of rotatable bonds is 8. The van der Waals surface area contributed by atoms with Crippen molar-refractivity contribution in [3.05, 3.63) is 41.6 Å². The van der Waals surface area contributed by atoms with E-state index in [2.05, 4.69) is 28.3 Å². The van der Waals surface area contributed by atoms with Crippen molar-refractivity contribution in [1.82, 2.24) is 9.97 Å². The fourth-order valence-corrected chi connectivity index (χ4v) is 3.05. The predicted octanol–water partition coefficient (Wildman–Crippen LogP) is 3.27. The van der Waals surface area contributed by atoms with Gasteiger partial charge in [-0.25, -0.2) is 9.97 Å². The summed E-state index contributed by atoms with van der Waals surface area (Å²) in [6.45, 7) is 4.17. The zero-order chi connectivity index (χ0) is 16.7. The third kappa shape index (κ3) is 4.84. The van der Waals surface area contributed by atoms with Crippen LogP contribution in [-0.2, 0) is 5.75 Å².